The fourth-order valence-corrected chi connectivity index (χ4v) is 2.11. The predicted molar refractivity (Wildman–Crippen MR) is 63.5 cm³/mol. The molecular weight excluding hydrogens is 226 g/mol. The number of sulfonamides is 1. The van der Waals surface area contributed by atoms with Crippen molar-refractivity contribution in [2.24, 2.45) is 0 Å². The number of benzene rings is 1. The highest BCUT2D eigenvalue weighted by Gasteiger charge is 2.21. The van der Waals surface area contributed by atoms with Crippen LogP contribution in [0.3, 0.4) is 0 Å². The molecule has 0 aliphatic carbocycles. The Labute approximate surface area is 96.4 Å². The van der Waals surface area contributed by atoms with Crippen molar-refractivity contribution in [1.82, 2.24) is 4.72 Å². The second-order valence-corrected chi connectivity index (χ2v) is 6.13. The lowest BCUT2D eigenvalue weighted by Gasteiger charge is -2.18. The smallest absolute Gasteiger partial charge is 0.214 e. The summed E-state index contributed by atoms with van der Waals surface area (Å²) in [4.78, 5) is 0. The molecule has 0 amide bonds. The van der Waals surface area contributed by atoms with E-state index in [4.69, 9.17) is 0 Å². The van der Waals surface area contributed by atoms with E-state index in [9.17, 15) is 13.5 Å². The summed E-state index contributed by atoms with van der Waals surface area (Å²) in [5, 5.41) is 8.69. The summed E-state index contributed by atoms with van der Waals surface area (Å²) in [6.07, 6.45) is 0. The molecule has 1 aromatic carbocycles. The topological polar surface area (TPSA) is 66.4 Å². The van der Waals surface area contributed by atoms with Crippen LogP contribution in [-0.2, 0) is 10.0 Å². The highest BCUT2D eigenvalue weighted by atomic mass is 32.2. The molecule has 0 saturated heterocycles. The van der Waals surface area contributed by atoms with Crippen LogP contribution in [0, 0.1) is 0 Å². The third-order valence-corrected chi connectivity index (χ3v) is 4.17. The summed E-state index contributed by atoms with van der Waals surface area (Å²) >= 11 is 0. The zero-order chi connectivity index (χ0) is 12.2. The first-order valence-electron chi connectivity index (χ1n) is 5.14. The average molecular weight is 243 g/mol. The summed E-state index contributed by atoms with van der Waals surface area (Å²) in [5.74, 6) is 0. The van der Waals surface area contributed by atoms with Crippen LogP contribution in [0.4, 0.5) is 0 Å². The Hall–Kier alpha value is -0.910. The summed E-state index contributed by atoms with van der Waals surface area (Å²) in [6, 6.07) is 8.44. The Bertz CT molecular complexity index is 414. The molecule has 1 atom stereocenters. The average Bonchev–Trinajstić information content (AvgIpc) is 2.27. The van der Waals surface area contributed by atoms with Gasteiger partial charge in [0.15, 0.2) is 0 Å². The van der Waals surface area contributed by atoms with E-state index in [-0.39, 0.29) is 6.61 Å². The molecule has 1 aromatic rings. The van der Waals surface area contributed by atoms with Gasteiger partial charge in [0.05, 0.1) is 17.9 Å². The van der Waals surface area contributed by atoms with Gasteiger partial charge in [-0.15, -0.1) is 0 Å². The lowest BCUT2D eigenvalue weighted by molar-refractivity contribution is 0.258. The highest BCUT2D eigenvalue weighted by molar-refractivity contribution is 7.90. The monoisotopic (exact) mass is 243 g/mol. The van der Waals surface area contributed by atoms with Gasteiger partial charge < -0.3 is 5.11 Å². The molecule has 5 heteroatoms. The van der Waals surface area contributed by atoms with E-state index >= 15 is 0 Å². The molecule has 16 heavy (non-hydrogen) atoms. The first-order valence-corrected chi connectivity index (χ1v) is 6.69. The van der Waals surface area contributed by atoms with E-state index in [2.05, 4.69) is 4.72 Å². The number of hydrogen-bond donors (Lipinski definition) is 2. The van der Waals surface area contributed by atoms with Crippen molar-refractivity contribution in [3.05, 3.63) is 35.9 Å². The molecule has 1 unspecified atom stereocenters. The van der Waals surface area contributed by atoms with E-state index < -0.39 is 21.3 Å². The number of nitrogens with one attached hydrogen (secondary N) is 1. The largest absolute Gasteiger partial charge is 0.394 e. The van der Waals surface area contributed by atoms with Gasteiger partial charge in [0.2, 0.25) is 10.0 Å². The van der Waals surface area contributed by atoms with Crippen molar-refractivity contribution in [3.63, 3.8) is 0 Å². The molecule has 0 spiro atoms. The standard InChI is InChI=1S/C11H17NO3S/c1-9(2)16(14,15)12-11(8-13)10-6-4-3-5-7-10/h3-7,9,11-13H,8H2,1-2H3. The molecule has 0 aliphatic heterocycles. The lowest BCUT2D eigenvalue weighted by Crippen LogP contribution is -2.35. The maximum atomic E-state index is 11.7. The van der Waals surface area contributed by atoms with Crippen molar-refractivity contribution < 1.29 is 13.5 Å². The van der Waals surface area contributed by atoms with Gasteiger partial charge in [-0.3, -0.25) is 0 Å². The SMILES string of the molecule is CC(C)S(=O)(=O)NC(CO)c1ccccc1. The van der Waals surface area contributed by atoms with Gasteiger partial charge in [-0.2, -0.15) is 0 Å². The van der Waals surface area contributed by atoms with Crippen LogP contribution in [-0.4, -0.2) is 25.4 Å². The van der Waals surface area contributed by atoms with Crippen molar-refractivity contribution in [3.8, 4) is 0 Å². The third kappa shape index (κ3) is 3.30. The summed E-state index contributed by atoms with van der Waals surface area (Å²) in [6.45, 7) is 2.94. The fourth-order valence-electron chi connectivity index (χ4n) is 1.23. The molecule has 90 valence electrons. The van der Waals surface area contributed by atoms with E-state index in [1.165, 1.54) is 0 Å². The van der Waals surface area contributed by atoms with E-state index in [0.717, 1.165) is 5.56 Å². The summed E-state index contributed by atoms with van der Waals surface area (Å²) in [5.41, 5.74) is 0.759. The molecular formula is C11H17NO3S. The summed E-state index contributed by atoms with van der Waals surface area (Å²) in [7, 11) is -3.37. The Balaban J connectivity index is 2.86. The van der Waals surface area contributed by atoms with Crippen molar-refractivity contribution in [2.75, 3.05) is 6.61 Å². The van der Waals surface area contributed by atoms with Gasteiger partial charge in [0.25, 0.3) is 0 Å². The maximum absolute atomic E-state index is 11.7. The molecule has 4 nitrogen and oxygen atoms in total. The number of rotatable bonds is 5. The molecule has 0 aromatic heterocycles. The minimum absolute atomic E-state index is 0.254. The van der Waals surface area contributed by atoms with E-state index in [1.54, 1.807) is 26.0 Å². The van der Waals surface area contributed by atoms with Crippen LogP contribution in [0.5, 0.6) is 0 Å². The molecule has 0 bridgehead atoms. The van der Waals surface area contributed by atoms with Crippen LogP contribution in [0.1, 0.15) is 25.5 Å². The molecule has 0 aliphatic rings. The molecule has 0 fully saturated rings. The van der Waals surface area contributed by atoms with Crippen LogP contribution in [0.2, 0.25) is 0 Å². The number of aliphatic hydroxyl groups excluding tert-OH is 1. The van der Waals surface area contributed by atoms with Crippen molar-refractivity contribution >= 4 is 10.0 Å². The van der Waals surface area contributed by atoms with Gasteiger partial charge in [0.1, 0.15) is 0 Å². The Morgan fingerprint density at radius 3 is 2.25 bits per heavy atom. The second-order valence-electron chi connectivity index (χ2n) is 3.86. The van der Waals surface area contributed by atoms with Crippen molar-refractivity contribution in [2.45, 2.75) is 25.1 Å². The number of hydrogen-bond acceptors (Lipinski definition) is 3. The maximum Gasteiger partial charge on any atom is 0.214 e. The molecule has 0 saturated carbocycles. The minimum Gasteiger partial charge on any atom is -0.394 e. The van der Waals surface area contributed by atoms with Gasteiger partial charge in [-0.05, 0) is 19.4 Å². The Morgan fingerprint density at radius 2 is 1.81 bits per heavy atom. The van der Waals surface area contributed by atoms with E-state index in [0.29, 0.717) is 0 Å². The molecule has 1 rings (SSSR count). The zero-order valence-electron chi connectivity index (χ0n) is 9.42. The molecule has 0 radical (unpaired) electrons. The molecule has 0 heterocycles. The third-order valence-electron chi connectivity index (χ3n) is 2.31. The van der Waals surface area contributed by atoms with Crippen LogP contribution in [0.15, 0.2) is 30.3 Å². The Kier molecular flexibility index (Phi) is 4.46. The zero-order valence-corrected chi connectivity index (χ0v) is 10.2. The Morgan fingerprint density at radius 1 is 1.25 bits per heavy atom. The van der Waals surface area contributed by atoms with Gasteiger partial charge in [-0.1, -0.05) is 30.3 Å². The predicted octanol–water partition coefficient (Wildman–Crippen LogP) is 1.05. The lowest BCUT2D eigenvalue weighted by atomic mass is 10.1. The summed E-state index contributed by atoms with van der Waals surface area (Å²) < 4.78 is 25.8. The second kappa shape index (κ2) is 5.43. The first-order chi connectivity index (χ1) is 7.47. The molecule has 2 N–H and O–H groups in total. The number of aliphatic hydroxyl groups is 1. The quantitative estimate of drug-likeness (QED) is 0.812. The van der Waals surface area contributed by atoms with Gasteiger partial charge in [0, 0.05) is 0 Å². The van der Waals surface area contributed by atoms with Gasteiger partial charge >= 0.3 is 0 Å². The van der Waals surface area contributed by atoms with Crippen LogP contribution in [0.25, 0.3) is 0 Å². The van der Waals surface area contributed by atoms with Crippen LogP contribution >= 0.6 is 0 Å². The van der Waals surface area contributed by atoms with Gasteiger partial charge in [-0.25, -0.2) is 13.1 Å². The van der Waals surface area contributed by atoms with Crippen molar-refractivity contribution in [1.29, 1.82) is 0 Å². The minimum atomic E-state index is -3.37. The van der Waals surface area contributed by atoms with E-state index in [1.807, 2.05) is 18.2 Å². The first kappa shape index (κ1) is 13.2. The highest BCUT2D eigenvalue weighted by Crippen LogP contribution is 2.14. The normalized spacial score (nSPS) is 14.0. The fraction of sp³-hybridized carbons (Fsp3) is 0.455. The van der Waals surface area contributed by atoms with Crippen LogP contribution < -0.4 is 4.72 Å².